The predicted molar refractivity (Wildman–Crippen MR) is 48.6 cm³/mol. The molecule has 0 unspecified atom stereocenters. The number of carbonyl (C=O) groups excluding carboxylic acids is 1. The van der Waals surface area contributed by atoms with Gasteiger partial charge in [0.05, 0.1) is 13.2 Å². The summed E-state index contributed by atoms with van der Waals surface area (Å²) in [6.07, 6.45) is 3.04. The highest BCUT2D eigenvalue weighted by atomic mass is 16.7. The summed E-state index contributed by atoms with van der Waals surface area (Å²) in [4.78, 5) is 11.2. The van der Waals surface area contributed by atoms with Crippen LogP contribution < -0.4 is 0 Å². The van der Waals surface area contributed by atoms with Crippen LogP contribution in [0.1, 0.15) is 19.8 Å². The van der Waals surface area contributed by atoms with Gasteiger partial charge < -0.3 is 14.2 Å². The van der Waals surface area contributed by atoms with Crippen LogP contribution in [0.25, 0.3) is 0 Å². The first-order valence-corrected chi connectivity index (χ1v) is 4.90. The third kappa shape index (κ3) is 2.13. The maximum atomic E-state index is 11.2. The molecule has 1 fully saturated rings. The average molecular weight is 198 g/mol. The van der Waals surface area contributed by atoms with E-state index in [4.69, 9.17) is 14.2 Å². The van der Waals surface area contributed by atoms with Crippen LogP contribution in [-0.2, 0) is 19.0 Å². The first kappa shape index (κ1) is 9.68. The number of hydrogen-bond acceptors (Lipinski definition) is 4. The first-order valence-electron chi connectivity index (χ1n) is 4.90. The van der Waals surface area contributed by atoms with Gasteiger partial charge in [-0.05, 0) is 19.4 Å². The van der Waals surface area contributed by atoms with Gasteiger partial charge in [0.15, 0.2) is 6.29 Å². The lowest BCUT2D eigenvalue weighted by molar-refractivity contribution is -0.139. The van der Waals surface area contributed by atoms with Gasteiger partial charge in [-0.1, -0.05) is 0 Å². The Morgan fingerprint density at radius 3 is 2.71 bits per heavy atom. The molecule has 4 nitrogen and oxygen atoms in total. The Labute approximate surface area is 82.8 Å². The number of hydrogen-bond donors (Lipinski definition) is 0. The third-order valence-corrected chi connectivity index (χ3v) is 2.33. The van der Waals surface area contributed by atoms with Crippen molar-refractivity contribution in [2.24, 2.45) is 0 Å². The fourth-order valence-corrected chi connectivity index (χ4v) is 1.66. The summed E-state index contributed by atoms with van der Waals surface area (Å²) in [6, 6.07) is 0. The lowest BCUT2D eigenvalue weighted by atomic mass is 10.1. The van der Waals surface area contributed by atoms with Crippen molar-refractivity contribution in [3.8, 4) is 0 Å². The smallest absolute Gasteiger partial charge is 0.334 e. The van der Waals surface area contributed by atoms with E-state index in [2.05, 4.69) is 0 Å². The van der Waals surface area contributed by atoms with Crippen LogP contribution in [-0.4, -0.2) is 31.6 Å². The Hall–Kier alpha value is -0.870. The normalized spacial score (nSPS) is 27.9. The highest BCUT2D eigenvalue weighted by Gasteiger charge is 2.24. The Morgan fingerprint density at radius 1 is 1.43 bits per heavy atom. The maximum Gasteiger partial charge on any atom is 0.334 e. The molecular formula is C10H14O4. The van der Waals surface area contributed by atoms with Crippen LogP contribution in [0.15, 0.2) is 11.6 Å². The molecule has 78 valence electrons. The summed E-state index contributed by atoms with van der Waals surface area (Å²) in [5.74, 6) is -0.199. The SMILES string of the molecule is C[C@H]1C=C(CCC2OCCO2)C(=O)O1. The zero-order valence-electron chi connectivity index (χ0n) is 8.19. The minimum absolute atomic E-state index is 0.0806. The minimum atomic E-state index is -0.199. The van der Waals surface area contributed by atoms with Crippen molar-refractivity contribution in [2.75, 3.05) is 13.2 Å². The van der Waals surface area contributed by atoms with Gasteiger partial charge in [-0.15, -0.1) is 0 Å². The van der Waals surface area contributed by atoms with Crippen molar-refractivity contribution in [1.29, 1.82) is 0 Å². The topological polar surface area (TPSA) is 44.8 Å². The summed E-state index contributed by atoms with van der Waals surface area (Å²) in [5.41, 5.74) is 0.747. The van der Waals surface area contributed by atoms with Crippen molar-refractivity contribution in [3.05, 3.63) is 11.6 Å². The van der Waals surface area contributed by atoms with Gasteiger partial charge in [0.1, 0.15) is 6.10 Å². The second-order valence-corrected chi connectivity index (χ2v) is 3.51. The van der Waals surface area contributed by atoms with Crippen molar-refractivity contribution in [2.45, 2.75) is 32.2 Å². The van der Waals surface area contributed by atoms with Crippen molar-refractivity contribution in [3.63, 3.8) is 0 Å². The molecule has 4 heteroatoms. The molecule has 0 radical (unpaired) electrons. The molecule has 2 aliphatic rings. The van der Waals surface area contributed by atoms with E-state index in [1.54, 1.807) is 0 Å². The van der Waals surface area contributed by atoms with E-state index in [0.29, 0.717) is 19.6 Å². The van der Waals surface area contributed by atoms with Gasteiger partial charge in [0.25, 0.3) is 0 Å². The van der Waals surface area contributed by atoms with Crippen LogP contribution in [0.4, 0.5) is 0 Å². The van der Waals surface area contributed by atoms with Crippen LogP contribution in [0, 0.1) is 0 Å². The van der Waals surface area contributed by atoms with E-state index in [1.807, 2.05) is 13.0 Å². The number of rotatable bonds is 3. The predicted octanol–water partition coefficient (Wildman–Crippen LogP) is 1.01. The number of ether oxygens (including phenoxy) is 3. The second kappa shape index (κ2) is 4.11. The van der Waals surface area contributed by atoms with E-state index in [0.717, 1.165) is 12.0 Å². The number of esters is 1. The standard InChI is InChI=1S/C10H14O4/c1-7-6-8(10(11)14-7)2-3-9-12-4-5-13-9/h6-7,9H,2-5H2,1H3/t7-/m0/s1. The summed E-state index contributed by atoms with van der Waals surface area (Å²) in [7, 11) is 0. The lowest BCUT2D eigenvalue weighted by Gasteiger charge is -2.07. The van der Waals surface area contributed by atoms with Crippen molar-refractivity contribution in [1.82, 2.24) is 0 Å². The fraction of sp³-hybridized carbons (Fsp3) is 0.700. The maximum absolute atomic E-state index is 11.2. The van der Waals surface area contributed by atoms with Crippen LogP contribution >= 0.6 is 0 Å². The highest BCUT2D eigenvalue weighted by Crippen LogP contribution is 2.20. The Balaban J connectivity index is 1.79. The van der Waals surface area contributed by atoms with E-state index in [1.165, 1.54) is 0 Å². The Kier molecular flexibility index (Phi) is 2.84. The molecule has 0 aliphatic carbocycles. The van der Waals surface area contributed by atoms with Gasteiger partial charge in [-0.25, -0.2) is 4.79 Å². The van der Waals surface area contributed by atoms with Gasteiger partial charge in [0.2, 0.25) is 0 Å². The summed E-state index contributed by atoms with van der Waals surface area (Å²) < 4.78 is 15.5. The van der Waals surface area contributed by atoms with Crippen LogP contribution in [0.2, 0.25) is 0 Å². The van der Waals surface area contributed by atoms with Crippen LogP contribution in [0.5, 0.6) is 0 Å². The molecule has 0 bridgehead atoms. The zero-order chi connectivity index (χ0) is 9.97. The molecule has 0 aromatic heterocycles. The van der Waals surface area contributed by atoms with Crippen molar-refractivity contribution < 1.29 is 19.0 Å². The lowest BCUT2D eigenvalue weighted by Crippen LogP contribution is -2.09. The van der Waals surface area contributed by atoms with E-state index in [-0.39, 0.29) is 18.4 Å². The average Bonchev–Trinajstić information content (AvgIpc) is 2.72. The first-order chi connectivity index (χ1) is 6.75. The third-order valence-electron chi connectivity index (χ3n) is 2.33. The van der Waals surface area contributed by atoms with Gasteiger partial charge in [0, 0.05) is 12.0 Å². The summed E-state index contributed by atoms with van der Waals surface area (Å²) in [6.45, 7) is 3.17. The molecule has 0 spiro atoms. The Bertz CT molecular complexity index is 253. The summed E-state index contributed by atoms with van der Waals surface area (Å²) in [5, 5.41) is 0. The molecule has 1 atom stereocenters. The number of cyclic esters (lactones) is 1. The fourth-order valence-electron chi connectivity index (χ4n) is 1.66. The minimum Gasteiger partial charge on any atom is -0.455 e. The van der Waals surface area contributed by atoms with E-state index in [9.17, 15) is 4.79 Å². The molecule has 2 heterocycles. The molecule has 2 rings (SSSR count). The molecule has 0 aromatic rings. The monoisotopic (exact) mass is 198 g/mol. The van der Waals surface area contributed by atoms with Gasteiger partial charge in [-0.2, -0.15) is 0 Å². The molecule has 0 amide bonds. The summed E-state index contributed by atoms with van der Waals surface area (Å²) >= 11 is 0. The molecule has 2 aliphatic heterocycles. The molecule has 0 saturated carbocycles. The second-order valence-electron chi connectivity index (χ2n) is 3.51. The molecule has 1 saturated heterocycles. The van der Waals surface area contributed by atoms with Gasteiger partial charge in [-0.3, -0.25) is 0 Å². The highest BCUT2D eigenvalue weighted by molar-refractivity contribution is 5.90. The molecule has 14 heavy (non-hydrogen) atoms. The van der Waals surface area contributed by atoms with E-state index < -0.39 is 0 Å². The number of carbonyl (C=O) groups is 1. The molecular weight excluding hydrogens is 184 g/mol. The largest absolute Gasteiger partial charge is 0.455 e. The van der Waals surface area contributed by atoms with Crippen molar-refractivity contribution >= 4 is 5.97 Å². The van der Waals surface area contributed by atoms with E-state index >= 15 is 0 Å². The van der Waals surface area contributed by atoms with Crippen LogP contribution in [0.3, 0.4) is 0 Å². The molecule has 0 N–H and O–H groups in total. The Morgan fingerprint density at radius 2 is 2.14 bits per heavy atom. The quantitative estimate of drug-likeness (QED) is 0.635. The molecule has 0 aromatic carbocycles. The van der Waals surface area contributed by atoms with Gasteiger partial charge >= 0.3 is 5.97 Å². The zero-order valence-corrected chi connectivity index (χ0v) is 8.19.